The van der Waals surface area contributed by atoms with E-state index < -0.39 is 23.6 Å². The van der Waals surface area contributed by atoms with E-state index in [1.165, 1.54) is 4.90 Å². The van der Waals surface area contributed by atoms with Crippen molar-refractivity contribution in [3.8, 4) is 0 Å². The fourth-order valence-electron chi connectivity index (χ4n) is 2.44. The molecule has 1 aliphatic rings. The second kappa shape index (κ2) is 5.98. The minimum atomic E-state index is -1.02. The largest absolute Gasteiger partial charge is 0.480 e. The molecule has 0 unspecified atom stereocenters. The molecule has 0 spiro atoms. The highest BCUT2D eigenvalue weighted by molar-refractivity contribution is 5.84. The summed E-state index contributed by atoms with van der Waals surface area (Å²) in [5, 5.41) is 8.99. The number of benzene rings is 1. The Morgan fingerprint density at radius 2 is 2.10 bits per heavy atom. The Bertz CT molecular complexity index is 533. The maximum atomic E-state index is 13.4. The van der Waals surface area contributed by atoms with Crippen molar-refractivity contribution in [2.45, 2.75) is 31.7 Å². The number of carboxylic acid groups (broad SMARTS) is 1. The number of aryl methyl sites for hydroxylation is 1. The van der Waals surface area contributed by atoms with Crippen LogP contribution in [-0.2, 0) is 16.0 Å². The molecular weight excluding hydrogens is 268 g/mol. The van der Waals surface area contributed by atoms with E-state index in [1.54, 1.807) is 0 Å². The SMILES string of the molecule is O=C(O)[C@@H]1CCCN1C(=O)CCc1cc(F)ccc1F. The van der Waals surface area contributed by atoms with Crippen molar-refractivity contribution in [3.05, 3.63) is 35.4 Å². The van der Waals surface area contributed by atoms with E-state index in [0.717, 1.165) is 18.2 Å². The molecule has 1 heterocycles. The fourth-order valence-corrected chi connectivity index (χ4v) is 2.44. The van der Waals surface area contributed by atoms with Crippen molar-refractivity contribution in [2.75, 3.05) is 6.54 Å². The number of likely N-dealkylation sites (tertiary alicyclic amines) is 1. The second-order valence-electron chi connectivity index (χ2n) is 4.82. The first-order chi connectivity index (χ1) is 9.49. The standard InChI is InChI=1S/C14H15F2NO3/c15-10-4-5-11(16)9(8-10)3-6-13(18)17-7-1-2-12(17)14(19)20/h4-5,8,12H,1-3,6-7H2,(H,19,20)/t12-/m0/s1. The van der Waals surface area contributed by atoms with Crippen LogP contribution < -0.4 is 0 Å². The Hall–Kier alpha value is -1.98. The molecule has 0 aliphatic carbocycles. The van der Waals surface area contributed by atoms with Gasteiger partial charge < -0.3 is 10.0 Å². The van der Waals surface area contributed by atoms with Crippen LogP contribution in [0.2, 0.25) is 0 Å². The van der Waals surface area contributed by atoms with Crippen molar-refractivity contribution in [1.82, 2.24) is 4.90 Å². The minimum Gasteiger partial charge on any atom is -0.480 e. The van der Waals surface area contributed by atoms with Gasteiger partial charge in [0.2, 0.25) is 5.91 Å². The van der Waals surface area contributed by atoms with Crippen molar-refractivity contribution in [2.24, 2.45) is 0 Å². The zero-order chi connectivity index (χ0) is 14.7. The van der Waals surface area contributed by atoms with E-state index >= 15 is 0 Å². The third kappa shape index (κ3) is 3.12. The lowest BCUT2D eigenvalue weighted by Gasteiger charge is -2.21. The molecule has 0 saturated carbocycles. The fraction of sp³-hybridized carbons (Fsp3) is 0.429. The van der Waals surface area contributed by atoms with Gasteiger partial charge in [0.1, 0.15) is 17.7 Å². The summed E-state index contributed by atoms with van der Waals surface area (Å²) in [6, 6.07) is 2.30. The smallest absolute Gasteiger partial charge is 0.326 e. The Kier molecular flexibility index (Phi) is 4.32. The van der Waals surface area contributed by atoms with Crippen LogP contribution in [0.1, 0.15) is 24.8 Å². The van der Waals surface area contributed by atoms with Crippen LogP contribution in [0.25, 0.3) is 0 Å². The summed E-state index contributed by atoms with van der Waals surface area (Å²) in [6.07, 6.45) is 1.13. The molecule has 20 heavy (non-hydrogen) atoms. The van der Waals surface area contributed by atoms with E-state index in [2.05, 4.69) is 0 Å². The molecule has 1 aromatic carbocycles. The number of carboxylic acids is 1. The van der Waals surface area contributed by atoms with Crippen molar-refractivity contribution in [3.63, 3.8) is 0 Å². The summed E-state index contributed by atoms with van der Waals surface area (Å²) in [4.78, 5) is 24.3. The maximum Gasteiger partial charge on any atom is 0.326 e. The first kappa shape index (κ1) is 14.4. The average Bonchev–Trinajstić information content (AvgIpc) is 2.89. The van der Waals surface area contributed by atoms with Gasteiger partial charge in [-0.15, -0.1) is 0 Å². The molecule has 1 aliphatic heterocycles. The number of rotatable bonds is 4. The summed E-state index contributed by atoms with van der Waals surface area (Å²) >= 11 is 0. The number of halogens is 2. The molecule has 4 nitrogen and oxygen atoms in total. The van der Waals surface area contributed by atoms with Gasteiger partial charge in [-0.3, -0.25) is 4.79 Å². The highest BCUT2D eigenvalue weighted by atomic mass is 19.1. The van der Waals surface area contributed by atoms with E-state index in [1.807, 2.05) is 0 Å². The number of hydrogen-bond acceptors (Lipinski definition) is 2. The minimum absolute atomic E-state index is 0.0237. The van der Waals surface area contributed by atoms with Gasteiger partial charge in [0, 0.05) is 13.0 Å². The van der Waals surface area contributed by atoms with Crippen LogP contribution in [0.3, 0.4) is 0 Å². The van der Waals surface area contributed by atoms with Crippen molar-refractivity contribution < 1.29 is 23.5 Å². The topological polar surface area (TPSA) is 57.6 Å². The monoisotopic (exact) mass is 283 g/mol. The van der Waals surface area contributed by atoms with Gasteiger partial charge in [-0.2, -0.15) is 0 Å². The molecule has 6 heteroatoms. The van der Waals surface area contributed by atoms with Crippen LogP contribution in [-0.4, -0.2) is 34.5 Å². The predicted octanol–water partition coefficient (Wildman–Crippen LogP) is 1.97. The number of amides is 1. The first-order valence-electron chi connectivity index (χ1n) is 6.45. The summed E-state index contributed by atoms with van der Waals surface area (Å²) in [7, 11) is 0. The number of carbonyl (C=O) groups excluding carboxylic acids is 1. The molecule has 1 amide bonds. The van der Waals surface area contributed by atoms with Gasteiger partial charge in [0.05, 0.1) is 0 Å². The summed E-state index contributed by atoms with van der Waals surface area (Å²) in [6.45, 7) is 0.404. The van der Waals surface area contributed by atoms with Crippen LogP contribution in [0.5, 0.6) is 0 Å². The maximum absolute atomic E-state index is 13.4. The Balaban J connectivity index is 1.98. The van der Waals surface area contributed by atoms with E-state index in [0.29, 0.717) is 19.4 Å². The second-order valence-corrected chi connectivity index (χ2v) is 4.82. The summed E-state index contributed by atoms with van der Waals surface area (Å²) in [5.74, 6) is -2.47. The lowest BCUT2D eigenvalue weighted by molar-refractivity contribution is -0.148. The quantitative estimate of drug-likeness (QED) is 0.919. The van der Waals surface area contributed by atoms with Gasteiger partial charge in [0.15, 0.2) is 0 Å². The number of aliphatic carboxylic acids is 1. The number of carbonyl (C=O) groups is 2. The third-order valence-electron chi connectivity index (χ3n) is 3.47. The highest BCUT2D eigenvalue weighted by Gasteiger charge is 2.33. The Morgan fingerprint density at radius 1 is 1.35 bits per heavy atom. The molecular formula is C14H15F2NO3. The van der Waals surface area contributed by atoms with E-state index in [4.69, 9.17) is 5.11 Å². The predicted molar refractivity (Wildman–Crippen MR) is 67.0 cm³/mol. The molecule has 0 aromatic heterocycles. The average molecular weight is 283 g/mol. The van der Waals surface area contributed by atoms with Crippen LogP contribution >= 0.6 is 0 Å². The lowest BCUT2D eigenvalue weighted by Crippen LogP contribution is -2.40. The van der Waals surface area contributed by atoms with Gasteiger partial charge >= 0.3 is 5.97 Å². The lowest BCUT2D eigenvalue weighted by atomic mass is 10.1. The molecule has 1 saturated heterocycles. The number of hydrogen-bond donors (Lipinski definition) is 1. The van der Waals surface area contributed by atoms with Crippen LogP contribution in [0, 0.1) is 11.6 Å². The molecule has 1 N–H and O–H groups in total. The van der Waals surface area contributed by atoms with Gasteiger partial charge in [-0.25, -0.2) is 13.6 Å². The third-order valence-corrected chi connectivity index (χ3v) is 3.47. The van der Waals surface area contributed by atoms with Gasteiger partial charge in [-0.05, 0) is 43.0 Å². The zero-order valence-electron chi connectivity index (χ0n) is 10.8. The number of nitrogens with zero attached hydrogens (tertiary/aromatic N) is 1. The van der Waals surface area contributed by atoms with Gasteiger partial charge in [0.25, 0.3) is 0 Å². The molecule has 0 radical (unpaired) electrons. The molecule has 1 fully saturated rings. The highest BCUT2D eigenvalue weighted by Crippen LogP contribution is 2.20. The molecule has 1 aromatic rings. The molecule has 0 bridgehead atoms. The van der Waals surface area contributed by atoms with E-state index in [-0.39, 0.29) is 24.3 Å². The van der Waals surface area contributed by atoms with Crippen LogP contribution in [0.15, 0.2) is 18.2 Å². The molecule has 108 valence electrons. The summed E-state index contributed by atoms with van der Waals surface area (Å²) < 4.78 is 26.4. The molecule has 2 rings (SSSR count). The first-order valence-corrected chi connectivity index (χ1v) is 6.45. The Morgan fingerprint density at radius 3 is 2.80 bits per heavy atom. The van der Waals surface area contributed by atoms with Gasteiger partial charge in [-0.1, -0.05) is 0 Å². The van der Waals surface area contributed by atoms with Crippen molar-refractivity contribution >= 4 is 11.9 Å². The molecule has 1 atom stereocenters. The zero-order valence-corrected chi connectivity index (χ0v) is 10.8. The van der Waals surface area contributed by atoms with Crippen LogP contribution in [0.4, 0.5) is 8.78 Å². The Labute approximate surface area is 115 Å². The van der Waals surface area contributed by atoms with Crippen molar-refractivity contribution in [1.29, 1.82) is 0 Å². The normalized spacial score (nSPS) is 18.3. The summed E-state index contributed by atoms with van der Waals surface area (Å²) in [5.41, 5.74) is 0.129. The van der Waals surface area contributed by atoms with E-state index in [9.17, 15) is 18.4 Å².